The smallest absolute Gasteiger partial charge is 0.220 e. The summed E-state index contributed by atoms with van der Waals surface area (Å²) in [6.07, 6.45) is 6.78. The van der Waals surface area contributed by atoms with Crippen molar-refractivity contribution in [2.24, 2.45) is 5.92 Å². The maximum absolute atomic E-state index is 11.9. The van der Waals surface area contributed by atoms with E-state index in [-0.39, 0.29) is 5.91 Å². The number of carbonyl (C=O) groups is 1. The van der Waals surface area contributed by atoms with Crippen LogP contribution in [-0.2, 0) is 17.8 Å². The van der Waals surface area contributed by atoms with Gasteiger partial charge in [0.1, 0.15) is 5.76 Å². The van der Waals surface area contributed by atoms with Crippen molar-refractivity contribution >= 4 is 5.91 Å². The summed E-state index contributed by atoms with van der Waals surface area (Å²) in [7, 11) is 0. The van der Waals surface area contributed by atoms with Crippen LogP contribution in [0.15, 0.2) is 27.4 Å². The number of likely N-dealkylation sites (tertiary alicyclic amines) is 1. The van der Waals surface area contributed by atoms with Crippen molar-refractivity contribution in [3.8, 4) is 0 Å². The number of furan rings is 1. The van der Waals surface area contributed by atoms with E-state index >= 15 is 0 Å². The summed E-state index contributed by atoms with van der Waals surface area (Å²) in [6, 6.07) is 1.90. The number of amides is 1. The molecule has 0 saturated carbocycles. The zero-order chi connectivity index (χ0) is 17.6. The first-order chi connectivity index (χ1) is 12.1. The molecule has 1 amide bonds. The lowest BCUT2D eigenvalue weighted by Crippen LogP contribution is -2.38. The van der Waals surface area contributed by atoms with Gasteiger partial charge in [-0.25, -0.2) is 4.98 Å². The lowest BCUT2D eigenvalue weighted by Gasteiger charge is -2.31. The molecule has 1 saturated heterocycles. The van der Waals surface area contributed by atoms with Crippen LogP contribution in [-0.4, -0.2) is 35.4 Å². The minimum atomic E-state index is 0.120. The van der Waals surface area contributed by atoms with Crippen LogP contribution in [0.1, 0.15) is 42.2 Å². The van der Waals surface area contributed by atoms with Crippen LogP contribution in [0.2, 0.25) is 0 Å². The summed E-state index contributed by atoms with van der Waals surface area (Å²) >= 11 is 0. The number of nitrogens with one attached hydrogen (secondary N) is 1. The lowest BCUT2D eigenvalue weighted by molar-refractivity contribution is -0.121. The molecule has 25 heavy (non-hydrogen) atoms. The summed E-state index contributed by atoms with van der Waals surface area (Å²) in [5.41, 5.74) is 2.04. The minimum absolute atomic E-state index is 0.120. The van der Waals surface area contributed by atoms with E-state index in [2.05, 4.69) is 15.2 Å². The predicted octanol–water partition coefficient (Wildman–Crippen LogP) is 2.85. The number of carbonyl (C=O) groups excluding carboxylic acids is 1. The Balaban J connectivity index is 1.32. The fourth-order valence-electron chi connectivity index (χ4n) is 3.19. The lowest BCUT2D eigenvalue weighted by atomic mass is 9.96. The summed E-state index contributed by atoms with van der Waals surface area (Å²) in [5.74, 6) is 2.39. The normalized spacial score (nSPS) is 16.2. The number of nitrogens with zero attached hydrogens (tertiary/aromatic N) is 2. The molecule has 1 fully saturated rings. The van der Waals surface area contributed by atoms with Gasteiger partial charge in [-0.1, -0.05) is 0 Å². The largest absolute Gasteiger partial charge is 0.472 e. The molecular weight excluding hydrogens is 318 g/mol. The van der Waals surface area contributed by atoms with Gasteiger partial charge in [0.25, 0.3) is 0 Å². The molecule has 0 radical (unpaired) electrons. The standard InChI is InChI=1S/C19H27N3O3/c1-14-15(2)25-19(21-14)12-22-8-5-16(6-9-22)11-20-18(23)4-3-17-7-10-24-13-17/h7,10,13,16H,3-6,8-9,11-12H2,1-2H3,(H,20,23). The van der Waals surface area contributed by atoms with Gasteiger partial charge in [0.2, 0.25) is 11.8 Å². The van der Waals surface area contributed by atoms with Gasteiger partial charge in [0.15, 0.2) is 0 Å². The number of hydrogen-bond acceptors (Lipinski definition) is 5. The molecule has 136 valence electrons. The van der Waals surface area contributed by atoms with Crippen molar-refractivity contribution in [2.45, 2.75) is 46.1 Å². The fourth-order valence-corrected chi connectivity index (χ4v) is 3.19. The van der Waals surface area contributed by atoms with E-state index in [1.54, 1.807) is 12.5 Å². The monoisotopic (exact) mass is 345 g/mol. The fraction of sp³-hybridized carbons (Fsp3) is 0.579. The van der Waals surface area contributed by atoms with E-state index in [1.165, 1.54) is 0 Å². The van der Waals surface area contributed by atoms with Gasteiger partial charge in [-0.05, 0) is 63.7 Å². The van der Waals surface area contributed by atoms with Gasteiger partial charge < -0.3 is 14.2 Å². The summed E-state index contributed by atoms with van der Waals surface area (Å²) in [4.78, 5) is 18.8. The van der Waals surface area contributed by atoms with Gasteiger partial charge >= 0.3 is 0 Å². The van der Waals surface area contributed by atoms with Crippen LogP contribution in [0.4, 0.5) is 0 Å². The number of piperidine rings is 1. The quantitative estimate of drug-likeness (QED) is 0.835. The maximum Gasteiger partial charge on any atom is 0.220 e. The first-order valence-electron chi connectivity index (χ1n) is 9.03. The van der Waals surface area contributed by atoms with Gasteiger partial charge in [-0.3, -0.25) is 9.69 Å². The van der Waals surface area contributed by atoms with Crippen LogP contribution in [0.3, 0.4) is 0 Å². The summed E-state index contributed by atoms with van der Waals surface area (Å²) in [5, 5.41) is 3.07. The number of oxazole rings is 1. The van der Waals surface area contributed by atoms with Gasteiger partial charge in [0, 0.05) is 13.0 Å². The van der Waals surface area contributed by atoms with Crippen molar-refractivity contribution in [1.29, 1.82) is 0 Å². The van der Waals surface area contributed by atoms with Crippen molar-refractivity contribution < 1.29 is 13.6 Å². The Morgan fingerprint density at radius 1 is 1.36 bits per heavy atom. The van der Waals surface area contributed by atoms with Crippen molar-refractivity contribution in [3.05, 3.63) is 41.5 Å². The maximum atomic E-state index is 11.9. The highest BCUT2D eigenvalue weighted by molar-refractivity contribution is 5.76. The molecule has 3 heterocycles. The average Bonchev–Trinajstić information content (AvgIpc) is 3.22. The van der Waals surface area contributed by atoms with Crippen molar-refractivity contribution in [3.63, 3.8) is 0 Å². The number of aromatic nitrogens is 1. The Hall–Kier alpha value is -2.08. The second kappa shape index (κ2) is 8.34. The van der Waals surface area contributed by atoms with Gasteiger partial charge in [-0.15, -0.1) is 0 Å². The van der Waals surface area contributed by atoms with Crippen molar-refractivity contribution in [1.82, 2.24) is 15.2 Å². The van der Waals surface area contributed by atoms with E-state index in [9.17, 15) is 4.79 Å². The second-order valence-corrected chi connectivity index (χ2v) is 6.90. The SMILES string of the molecule is Cc1nc(CN2CCC(CNC(=O)CCc3ccoc3)CC2)oc1C. The summed E-state index contributed by atoms with van der Waals surface area (Å²) in [6.45, 7) is 7.52. The molecule has 0 spiro atoms. The van der Waals surface area contributed by atoms with Crippen LogP contribution in [0.25, 0.3) is 0 Å². The number of aryl methyl sites for hydroxylation is 3. The Labute approximate surface area is 148 Å². The molecule has 0 bridgehead atoms. The van der Waals surface area contributed by atoms with Crippen LogP contribution in [0.5, 0.6) is 0 Å². The first-order valence-corrected chi connectivity index (χ1v) is 9.03. The van der Waals surface area contributed by atoms with E-state index < -0.39 is 0 Å². The highest BCUT2D eigenvalue weighted by atomic mass is 16.4. The zero-order valence-electron chi connectivity index (χ0n) is 15.1. The highest BCUT2D eigenvalue weighted by Gasteiger charge is 2.21. The molecule has 0 unspecified atom stereocenters. The number of rotatable bonds is 7. The molecule has 3 rings (SSSR count). The van der Waals surface area contributed by atoms with Gasteiger partial charge in [-0.2, -0.15) is 0 Å². The molecule has 2 aromatic heterocycles. The Bertz CT molecular complexity index is 651. The third kappa shape index (κ3) is 5.19. The predicted molar refractivity (Wildman–Crippen MR) is 94.0 cm³/mol. The molecular formula is C19H27N3O3. The molecule has 0 aliphatic carbocycles. The van der Waals surface area contributed by atoms with Crippen LogP contribution >= 0.6 is 0 Å². The van der Waals surface area contributed by atoms with E-state index in [1.807, 2.05) is 19.9 Å². The Kier molecular flexibility index (Phi) is 5.91. The molecule has 0 aromatic carbocycles. The molecule has 1 aliphatic heterocycles. The van der Waals surface area contributed by atoms with E-state index in [0.717, 1.165) is 68.3 Å². The first kappa shape index (κ1) is 17.7. The summed E-state index contributed by atoms with van der Waals surface area (Å²) < 4.78 is 10.7. The molecule has 6 nitrogen and oxygen atoms in total. The van der Waals surface area contributed by atoms with Crippen LogP contribution in [0, 0.1) is 19.8 Å². The Morgan fingerprint density at radius 2 is 2.16 bits per heavy atom. The van der Waals surface area contributed by atoms with Crippen molar-refractivity contribution in [2.75, 3.05) is 19.6 Å². The second-order valence-electron chi connectivity index (χ2n) is 6.90. The topological polar surface area (TPSA) is 71.5 Å². The van der Waals surface area contributed by atoms with E-state index in [0.29, 0.717) is 12.3 Å². The molecule has 1 N–H and O–H groups in total. The molecule has 6 heteroatoms. The molecule has 1 aliphatic rings. The van der Waals surface area contributed by atoms with Gasteiger partial charge in [0.05, 0.1) is 24.8 Å². The number of hydrogen-bond donors (Lipinski definition) is 1. The third-order valence-corrected chi connectivity index (χ3v) is 4.95. The Morgan fingerprint density at radius 3 is 2.80 bits per heavy atom. The molecule has 0 atom stereocenters. The minimum Gasteiger partial charge on any atom is -0.472 e. The van der Waals surface area contributed by atoms with E-state index in [4.69, 9.17) is 8.83 Å². The third-order valence-electron chi connectivity index (χ3n) is 4.95. The highest BCUT2D eigenvalue weighted by Crippen LogP contribution is 2.19. The zero-order valence-corrected chi connectivity index (χ0v) is 15.1. The van der Waals surface area contributed by atoms with Crippen LogP contribution < -0.4 is 5.32 Å². The average molecular weight is 345 g/mol. The molecule has 2 aromatic rings.